The fraction of sp³-hybridized carbons (Fsp3) is 0. The summed E-state index contributed by atoms with van der Waals surface area (Å²) in [5.41, 5.74) is 4.25. The van der Waals surface area contributed by atoms with E-state index in [1.165, 1.54) is 0 Å². The minimum atomic E-state index is 0.547. The quantitative estimate of drug-likeness (QED) is 0.645. The van der Waals surface area contributed by atoms with Crippen LogP contribution in [0.3, 0.4) is 0 Å². The molecule has 0 aliphatic heterocycles. The van der Waals surface area contributed by atoms with Gasteiger partial charge >= 0.3 is 0 Å². The Balaban J connectivity index is 2.42. The lowest BCUT2D eigenvalue weighted by molar-refractivity contribution is 1.03. The largest absolute Gasteiger partial charge is 0.307 e. The van der Waals surface area contributed by atoms with Crippen LogP contribution in [0.2, 0.25) is 0 Å². The molecule has 0 radical (unpaired) electrons. The van der Waals surface area contributed by atoms with Gasteiger partial charge in [0.15, 0.2) is 5.82 Å². The van der Waals surface area contributed by atoms with Gasteiger partial charge in [-0.1, -0.05) is 34.1 Å². The molecule has 0 saturated carbocycles. The SMILES string of the molecule is NNc1ccc(-c2ccccc2Br)nn1. The molecule has 0 saturated heterocycles. The Labute approximate surface area is 95.6 Å². The summed E-state index contributed by atoms with van der Waals surface area (Å²) >= 11 is 3.46. The van der Waals surface area contributed by atoms with Crippen molar-refractivity contribution in [3.05, 3.63) is 40.9 Å². The van der Waals surface area contributed by atoms with Crippen LogP contribution in [-0.4, -0.2) is 10.2 Å². The highest BCUT2D eigenvalue weighted by atomic mass is 79.9. The van der Waals surface area contributed by atoms with Crippen LogP contribution in [0, 0.1) is 0 Å². The minimum absolute atomic E-state index is 0.547. The topological polar surface area (TPSA) is 63.8 Å². The maximum Gasteiger partial charge on any atom is 0.162 e. The number of benzene rings is 1. The predicted molar refractivity (Wildman–Crippen MR) is 63.0 cm³/mol. The van der Waals surface area contributed by atoms with E-state index in [0.29, 0.717) is 5.82 Å². The second kappa shape index (κ2) is 4.37. The normalized spacial score (nSPS) is 10.0. The summed E-state index contributed by atoms with van der Waals surface area (Å²) in [6.07, 6.45) is 0. The number of nitrogens with two attached hydrogens (primary N) is 1. The number of nitrogens with zero attached hydrogens (tertiary/aromatic N) is 2. The molecule has 3 N–H and O–H groups in total. The van der Waals surface area contributed by atoms with Crippen molar-refractivity contribution in [1.29, 1.82) is 0 Å². The molecule has 1 aromatic carbocycles. The van der Waals surface area contributed by atoms with E-state index in [2.05, 4.69) is 31.6 Å². The van der Waals surface area contributed by atoms with Crippen molar-refractivity contribution >= 4 is 21.7 Å². The Hall–Kier alpha value is -1.46. The van der Waals surface area contributed by atoms with Crippen molar-refractivity contribution in [2.75, 3.05) is 5.43 Å². The van der Waals surface area contributed by atoms with E-state index in [1.54, 1.807) is 6.07 Å². The van der Waals surface area contributed by atoms with Crippen LogP contribution in [-0.2, 0) is 0 Å². The number of nitrogen functional groups attached to an aromatic ring is 1. The third-order valence-corrected chi connectivity index (χ3v) is 2.65. The number of aromatic nitrogens is 2. The summed E-state index contributed by atoms with van der Waals surface area (Å²) in [4.78, 5) is 0. The average Bonchev–Trinajstić information content (AvgIpc) is 2.30. The van der Waals surface area contributed by atoms with Crippen molar-refractivity contribution in [1.82, 2.24) is 10.2 Å². The van der Waals surface area contributed by atoms with E-state index in [4.69, 9.17) is 5.84 Å². The molecule has 0 aliphatic carbocycles. The van der Waals surface area contributed by atoms with Crippen molar-refractivity contribution in [2.24, 2.45) is 5.84 Å². The fourth-order valence-corrected chi connectivity index (χ4v) is 1.71. The molecule has 2 rings (SSSR count). The molecule has 0 spiro atoms. The third-order valence-electron chi connectivity index (χ3n) is 1.96. The smallest absolute Gasteiger partial charge is 0.162 e. The van der Waals surface area contributed by atoms with Crippen LogP contribution >= 0.6 is 15.9 Å². The van der Waals surface area contributed by atoms with Gasteiger partial charge in [-0.05, 0) is 18.2 Å². The van der Waals surface area contributed by atoms with Crippen molar-refractivity contribution in [3.63, 3.8) is 0 Å². The van der Waals surface area contributed by atoms with Gasteiger partial charge in [0.25, 0.3) is 0 Å². The first-order valence-electron chi connectivity index (χ1n) is 4.36. The van der Waals surface area contributed by atoms with E-state index in [0.717, 1.165) is 15.7 Å². The Morgan fingerprint density at radius 2 is 1.87 bits per heavy atom. The van der Waals surface area contributed by atoms with E-state index in [-0.39, 0.29) is 0 Å². The summed E-state index contributed by atoms with van der Waals surface area (Å²) in [5.74, 6) is 5.75. The molecule has 0 fully saturated rings. The van der Waals surface area contributed by atoms with E-state index >= 15 is 0 Å². The molecular formula is C10H9BrN4. The monoisotopic (exact) mass is 264 g/mol. The number of nitrogens with one attached hydrogen (secondary N) is 1. The van der Waals surface area contributed by atoms with Gasteiger partial charge in [-0.25, -0.2) is 5.84 Å². The van der Waals surface area contributed by atoms with Crippen molar-refractivity contribution < 1.29 is 0 Å². The molecular weight excluding hydrogens is 256 g/mol. The summed E-state index contributed by atoms with van der Waals surface area (Å²) < 4.78 is 0.993. The van der Waals surface area contributed by atoms with Gasteiger partial charge in [-0.2, -0.15) is 0 Å². The van der Waals surface area contributed by atoms with Gasteiger partial charge in [-0.3, -0.25) is 0 Å². The van der Waals surface area contributed by atoms with Crippen LogP contribution in [0.5, 0.6) is 0 Å². The van der Waals surface area contributed by atoms with Crippen molar-refractivity contribution in [2.45, 2.75) is 0 Å². The molecule has 0 unspecified atom stereocenters. The highest BCUT2D eigenvalue weighted by Crippen LogP contribution is 2.25. The highest BCUT2D eigenvalue weighted by Gasteiger charge is 2.03. The molecule has 0 bridgehead atoms. The second-order valence-corrected chi connectivity index (χ2v) is 3.78. The van der Waals surface area contributed by atoms with Gasteiger partial charge in [0.05, 0.1) is 5.69 Å². The minimum Gasteiger partial charge on any atom is -0.307 e. The lowest BCUT2D eigenvalue weighted by Gasteiger charge is -2.03. The van der Waals surface area contributed by atoms with Crippen LogP contribution < -0.4 is 11.3 Å². The first-order chi connectivity index (χ1) is 7.31. The van der Waals surface area contributed by atoms with Crippen LogP contribution in [0.15, 0.2) is 40.9 Å². The molecule has 0 aliphatic rings. The molecule has 1 heterocycles. The molecule has 15 heavy (non-hydrogen) atoms. The fourth-order valence-electron chi connectivity index (χ4n) is 1.22. The zero-order chi connectivity index (χ0) is 10.7. The molecule has 4 nitrogen and oxygen atoms in total. The lowest BCUT2D eigenvalue weighted by atomic mass is 10.1. The van der Waals surface area contributed by atoms with Crippen LogP contribution in [0.4, 0.5) is 5.82 Å². The van der Waals surface area contributed by atoms with Gasteiger partial charge in [0.1, 0.15) is 0 Å². The van der Waals surface area contributed by atoms with E-state index in [1.807, 2.05) is 30.3 Å². The molecule has 0 amide bonds. The zero-order valence-corrected chi connectivity index (χ0v) is 9.40. The molecule has 1 aromatic heterocycles. The Morgan fingerprint density at radius 3 is 2.47 bits per heavy atom. The molecule has 2 aromatic rings. The van der Waals surface area contributed by atoms with Gasteiger partial charge in [0, 0.05) is 10.0 Å². The first kappa shape index (κ1) is 10.1. The molecule has 5 heteroatoms. The molecule has 0 atom stereocenters. The third kappa shape index (κ3) is 2.14. The number of halogens is 1. The van der Waals surface area contributed by atoms with Crippen LogP contribution in [0.25, 0.3) is 11.3 Å². The van der Waals surface area contributed by atoms with Gasteiger partial charge < -0.3 is 5.43 Å². The van der Waals surface area contributed by atoms with E-state index < -0.39 is 0 Å². The second-order valence-electron chi connectivity index (χ2n) is 2.93. The number of rotatable bonds is 2. The maximum absolute atomic E-state index is 5.21. The zero-order valence-electron chi connectivity index (χ0n) is 7.81. The van der Waals surface area contributed by atoms with Gasteiger partial charge in [-0.15, -0.1) is 10.2 Å². The van der Waals surface area contributed by atoms with Gasteiger partial charge in [0.2, 0.25) is 0 Å². The van der Waals surface area contributed by atoms with Crippen molar-refractivity contribution in [3.8, 4) is 11.3 Å². The standard InChI is InChI=1S/C10H9BrN4/c11-8-4-2-1-3-7(8)9-5-6-10(13-12)15-14-9/h1-6H,12H2,(H,13,15). The average molecular weight is 265 g/mol. The Kier molecular flexibility index (Phi) is 2.94. The number of hydrazine groups is 1. The summed E-state index contributed by atoms with van der Waals surface area (Å²) in [7, 11) is 0. The maximum atomic E-state index is 5.21. The summed E-state index contributed by atoms with van der Waals surface area (Å²) in [5, 5.41) is 7.97. The van der Waals surface area contributed by atoms with E-state index in [9.17, 15) is 0 Å². The highest BCUT2D eigenvalue weighted by molar-refractivity contribution is 9.10. The number of anilines is 1. The molecule has 76 valence electrons. The number of hydrogen-bond acceptors (Lipinski definition) is 4. The predicted octanol–water partition coefficient (Wildman–Crippen LogP) is 2.19. The summed E-state index contributed by atoms with van der Waals surface area (Å²) in [6.45, 7) is 0. The first-order valence-corrected chi connectivity index (χ1v) is 5.16. The van der Waals surface area contributed by atoms with Crippen LogP contribution in [0.1, 0.15) is 0 Å². The Bertz CT molecular complexity index is 455. The lowest BCUT2D eigenvalue weighted by Crippen LogP contribution is -2.09. The number of hydrogen-bond donors (Lipinski definition) is 2. The summed E-state index contributed by atoms with van der Waals surface area (Å²) in [6, 6.07) is 11.5. The Morgan fingerprint density at radius 1 is 1.07 bits per heavy atom.